The highest BCUT2D eigenvalue weighted by Crippen LogP contribution is 2.13. The van der Waals surface area contributed by atoms with Gasteiger partial charge in [-0.2, -0.15) is 10.2 Å². The number of nitrogens with zero attached hydrogens (tertiary/aromatic N) is 5. The van der Waals surface area contributed by atoms with Crippen LogP contribution >= 0.6 is 22.6 Å². The fraction of sp³-hybridized carbons (Fsp3) is 0.702. The Morgan fingerprint density at radius 3 is 1.00 bits per heavy atom. The molecule has 5 rings (SSSR count). The van der Waals surface area contributed by atoms with E-state index < -0.39 is 0 Å². The minimum Gasteiger partial charge on any atom is -0.480 e. The van der Waals surface area contributed by atoms with E-state index in [1.54, 1.807) is 39.3 Å². The molecular weight excluding hydrogens is 1360 g/mol. The van der Waals surface area contributed by atoms with Crippen LogP contribution in [-0.4, -0.2) is 96.4 Å². The van der Waals surface area contributed by atoms with E-state index in [1.807, 2.05) is 58.9 Å². The third-order valence-electron chi connectivity index (χ3n) is 14.1. The van der Waals surface area contributed by atoms with Gasteiger partial charge in [-0.15, -0.1) is 15.3 Å². The molecule has 0 fully saturated rings. The summed E-state index contributed by atoms with van der Waals surface area (Å²) in [6, 6.07) is 31.1. The Morgan fingerprint density at radius 2 is 0.740 bits per heavy atom. The van der Waals surface area contributed by atoms with E-state index in [9.17, 15) is 9.59 Å². The van der Waals surface area contributed by atoms with Crippen molar-refractivity contribution in [3.8, 4) is 11.8 Å². The van der Waals surface area contributed by atoms with Gasteiger partial charge in [0.1, 0.15) is 9.48 Å². The van der Waals surface area contributed by atoms with Crippen LogP contribution < -0.4 is 15.0 Å². The average molecular weight is 1530 g/mol. The fourth-order valence-electron chi connectivity index (χ4n) is 8.23. The Morgan fingerprint density at radius 1 is 0.420 bits per heavy atom. The van der Waals surface area contributed by atoms with Gasteiger partial charge < -0.3 is 39.1 Å². The topological polar surface area (TPSA) is 212 Å². The number of halogens is 1. The molecule has 3 heterocycles. The Hall–Kier alpha value is -4.72. The molecule has 0 amide bonds. The van der Waals surface area contributed by atoms with E-state index >= 15 is 0 Å². The summed E-state index contributed by atoms with van der Waals surface area (Å²) in [5.74, 6) is 1.43. The van der Waals surface area contributed by atoms with Gasteiger partial charge in [-0.1, -0.05) is 294 Å². The second-order valence-corrected chi connectivity index (χ2v) is 25.3. The summed E-state index contributed by atoms with van der Waals surface area (Å²) >= 11 is 2.08. The van der Waals surface area contributed by atoms with Crippen molar-refractivity contribution in [3.05, 3.63) is 134 Å². The maximum atomic E-state index is 10.4. The van der Waals surface area contributed by atoms with Crippen LogP contribution in [0.15, 0.2) is 102 Å². The predicted molar refractivity (Wildman–Crippen MR) is 444 cm³/mol. The summed E-state index contributed by atoms with van der Waals surface area (Å²) in [7, 11) is 3.14. The predicted octanol–water partition coefficient (Wildman–Crippen LogP) is 24.5. The standard InChI is InChI=1S/2C15H24O.3C8H18O.C8H16O.C6H8N2O.C5H5IN2O.C5H6N2O.6CH4/c2*1-3-4-5-7-10-14(2)16-13-15-11-8-6-9-12-15;4*1-3-4-5-6-7-8(2)9;1-5-3-4-6(9-2)8-7-5;1-9-5-3-2-4(6)7-8-5;1-4-2-3-5(8)7-6-4;;;;;;/h2*6,8-9,11-12,14H,3-5,7,10,13H2,1-2H3;3*8-9H,3-7H2,1-2H3;3-7H2,1-2H3;3-4H,1-2H3;2-3H,1H3;2-3H,1H3,(H,7,8);6*1H4/t2*14-;2*8-;;;;;;;;;;;/m1111.........../s1. The highest BCUT2D eigenvalue weighted by atomic mass is 127. The Bertz CT molecular complexity index is 2170. The van der Waals surface area contributed by atoms with Gasteiger partial charge in [-0.3, -0.25) is 4.79 Å². The van der Waals surface area contributed by atoms with Gasteiger partial charge in [0.25, 0.3) is 5.56 Å². The Kier molecular flexibility index (Phi) is 105. The summed E-state index contributed by atoms with van der Waals surface area (Å²) < 4.78 is 22.1. The monoisotopic (exact) mass is 1530 g/mol. The molecule has 5 aromatic rings. The maximum Gasteiger partial charge on any atom is 0.264 e. The lowest BCUT2D eigenvalue weighted by molar-refractivity contribution is -0.117. The second-order valence-electron chi connectivity index (χ2n) is 24.2. The number of aromatic nitrogens is 6. The molecule has 3 aromatic heterocycles. The van der Waals surface area contributed by atoms with Crippen molar-refractivity contribution >= 4 is 28.4 Å². The van der Waals surface area contributed by atoms with E-state index in [1.165, 1.54) is 178 Å². The molecule has 15 nitrogen and oxygen atoms in total. The zero-order valence-corrected chi connectivity index (χ0v) is 64.3. The third-order valence-corrected chi connectivity index (χ3v) is 14.7. The van der Waals surface area contributed by atoms with E-state index in [4.69, 9.17) is 34.3 Å². The van der Waals surface area contributed by atoms with Gasteiger partial charge in [0, 0.05) is 24.6 Å². The second kappa shape index (κ2) is 90.4. The van der Waals surface area contributed by atoms with Gasteiger partial charge in [0.2, 0.25) is 11.8 Å². The largest absolute Gasteiger partial charge is 0.480 e. The number of aliphatic hydroxyl groups excluding tert-OH is 3. The van der Waals surface area contributed by atoms with Crippen LogP contribution in [0.3, 0.4) is 0 Å². The highest BCUT2D eigenvalue weighted by Gasteiger charge is 2.04. The number of ketones is 1. The van der Waals surface area contributed by atoms with E-state index in [0.29, 0.717) is 29.8 Å². The van der Waals surface area contributed by atoms with Crippen LogP contribution in [0.2, 0.25) is 0 Å². The zero-order valence-electron chi connectivity index (χ0n) is 62.2. The van der Waals surface area contributed by atoms with Crippen LogP contribution in [0.1, 0.15) is 343 Å². The number of aliphatic hydroxyl groups is 3. The lowest BCUT2D eigenvalue weighted by Crippen LogP contribution is -2.07. The first-order valence-electron chi connectivity index (χ1n) is 35.9. The van der Waals surface area contributed by atoms with Crippen LogP contribution in [0.5, 0.6) is 11.8 Å². The SMILES string of the molecule is C.C.C.C.C.C.CCCCCCC(C)=O.CCCCCCC(C)O.CCCCCC[C@@H](C)O.CCCCCC[C@@H](C)O.CCCCCC[C@@H](C)OCc1ccccc1.CCCCCC[C@@H](C)OCc1ccccc1.COc1ccc(C)nn1.COc1ccc(I)nn1.Cc1ccc(=O)[nH]n1. The fourth-order valence-corrected chi connectivity index (χ4v) is 8.52. The highest BCUT2D eigenvalue weighted by molar-refractivity contribution is 14.1. The van der Waals surface area contributed by atoms with Gasteiger partial charge in [0.05, 0.1) is 69.3 Å². The number of aryl methyl sites for hydroxylation is 2. The minimum absolute atomic E-state index is 0. The lowest BCUT2D eigenvalue weighted by Gasteiger charge is -2.12. The number of aromatic amines is 1. The molecule has 0 radical (unpaired) electrons. The van der Waals surface area contributed by atoms with Gasteiger partial charge >= 0.3 is 0 Å². The number of carbonyl (C=O) groups is 1. The van der Waals surface area contributed by atoms with E-state index in [2.05, 4.69) is 157 Å². The molecule has 2 aromatic carbocycles. The minimum atomic E-state index is -0.157. The molecule has 588 valence electrons. The van der Waals surface area contributed by atoms with E-state index in [-0.39, 0.29) is 68.4 Å². The molecule has 0 aliphatic carbocycles. The molecular formula is C84H161IN6O9. The Labute approximate surface area is 631 Å². The van der Waals surface area contributed by atoms with Crippen molar-refractivity contribution in [1.82, 2.24) is 30.6 Å². The number of rotatable bonds is 38. The number of hydrogen-bond acceptors (Lipinski definition) is 14. The maximum absolute atomic E-state index is 10.4. The molecule has 0 aliphatic rings. The number of unbranched alkanes of at least 4 members (excludes halogenated alkanes) is 18. The van der Waals surface area contributed by atoms with E-state index in [0.717, 1.165) is 60.4 Å². The van der Waals surface area contributed by atoms with Crippen molar-refractivity contribution in [2.45, 2.75) is 378 Å². The smallest absolute Gasteiger partial charge is 0.264 e. The molecule has 16 heteroatoms. The molecule has 4 N–H and O–H groups in total. The van der Waals surface area contributed by atoms with Crippen LogP contribution in [-0.2, 0) is 27.5 Å². The molecule has 1 unspecified atom stereocenters. The summed E-state index contributed by atoms with van der Waals surface area (Å²) in [6.45, 7) is 30.0. The number of nitrogens with one attached hydrogen (secondary N) is 1. The van der Waals surface area contributed by atoms with Gasteiger partial charge in [-0.05, 0) is 146 Å². The normalized spacial score (nSPS) is 11.0. The van der Waals surface area contributed by atoms with Gasteiger partial charge in [-0.25, -0.2) is 5.10 Å². The van der Waals surface area contributed by atoms with Crippen molar-refractivity contribution in [1.29, 1.82) is 0 Å². The quantitative estimate of drug-likeness (QED) is 0.0214. The number of methoxy groups -OCH3 is 2. The molecule has 0 bridgehead atoms. The Balaban J connectivity index is -0.000000114. The number of Topliss-reactive ketones (excluding diaryl/α,β-unsaturated/α-hetero) is 1. The van der Waals surface area contributed by atoms with Crippen LogP contribution in [0, 0.1) is 17.5 Å². The number of ether oxygens (including phenoxy) is 4. The van der Waals surface area contributed by atoms with Gasteiger partial charge in [0.15, 0.2) is 0 Å². The first kappa shape index (κ1) is 116. The summed E-state index contributed by atoms with van der Waals surface area (Å²) in [6.07, 6.45) is 37.1. The number of hydrogen-bond donors (Lipinski definition) is 4. The lowest BCUT2D eigenvalue weighted by atomic mass is 10.1. The third kappa shape index (κ3) is 95.3. The van der Waals surface area contributed by atoms with Crippen molar-refractivity contribution in [2.24, 2.45) is 0 Å². The number of benzene rings is 2. The zero-order chi connectivity index (χ0) is 71.1. The molecule has 0 spiro atoms. The van der Waals surface area contributed by atoms with Crippen LogP contribution in [0.4, 0.5) is 0 Å². The molecule has 100 heavy (non-hydrogen) atoms. The molecule has 5 atom stereocenters. The average Bonchev–Trinajstić information content (AvgIpc) is 1.30. The first-order valence-corrected chi connectivity index (χ1v) is 37.0. The van der Waals surface area contributed by atoms with Crippen molar-refractivity contribution in [2.75, 3.05) is 14.2 Å². The van der Waals surface area contributed by atoms with Crippen LogP contribution in [0.25, 0.3) is 0 Å². The molecule has 0 saturated carbocycles. The summed E-state index contributed by atoms with van der Waals surface area (Å²) in [4.78, 5) is 20.7. The van der Waals surface area contributed by atoms with Crippen molar-refractivity contribution < 1.29 is 39.1 Å². The first-order chi connectivity index (χ1) is 45.2. The molecule has 0 aliphatic heterocycles. The molecule has 0 saturated heterocycles. The summed E-state index contributed by atoms with van der Waals surface area (Å²) in [5.41, 5.74) is 4.10. The number of carbonyl (C=O) groups excluding carboxylic acids is 1. The number of H-pyrrole nitrogens is 1. The van der Waals surface area contributed by atoms with Crippen molar-refractivity contribution in [3.63, 3.8) is 0 Å². The summed E-state index contributed by atoms with van der Waals surface area (Å²) in [5, 5.41) is 47.5.